The Bertz CT molecular complexity index is 910. The van der Waals surface area contributed by atoms with Crippen molar-refractivity contribution in [3.8, 4) is 0 Å². The summed E-state index contributed by atoms with van der Waals surface area (Å²) in [5.74, 6) is -1.61. The Balaban J connectivity index is 1.73. The quantitative estimate of drug-likeness (QED) is 0.575. The van der Waals surface area contributed by atoms with Gasteiger partial charge < -0.3 is 20.6 Å². The van der Waals surface area contributed by atoms with Gasteiger partial charge >= 0.3 is 0 Å². The highest BCUT2D eigenvalue weighted by Crippen LogP contribution is 2.71. The van der Waals surface area contributed by atoms with Crippen LogP contribution >= 0.6 is 11.8 Å². The normalized spacial score (nSPS) is 34.0. The average Bonchev–Trinajstić information content (AvgIpc) is 3.34. The molecule has 2 bridgehead atoms. The fourth-order valence-corrected chi connectivity index (χ4v) is 8.42. The summed E-state index contributed by atoms with van der Waals surface area (Å²) in [5.41, 5.74) is 0.979. The number of nitrogens with one attached hydrogen (secondary N) is 2. The first-order chi connectivity index (χ1) is 15.2. The highest BCUT2D eigenvalue weighted by atomic mass is 32.2. The van der Waals surface area contributed by atoms with Crippen LogP contribution in [0.15, 0.2) is 30.3 Å². The lowest BCUT2D eigenvalue weighted by Gasteiger charge is -2.38. The highest BCUT2D eigenvalue weighted by molar-refractivity contribution is 8.02. The van der Waals surface area contributed by atoms with Gasteiger partial charge in [0, 0.05) is 18.3 Å². The monoisotopic (exact) mass is 459 g/mol. The van der Waals surface area contributed by atoms with Crippen LogP contribution in [0.5, 0.6) is 0 Å². The molecule has 0 radical (unpaired) electrons. The van der Waals surface area contributed by atoms with Gasteiger partial charge in [-0.2, -0.15) is 0 Å². The largest absolute Gasteiger partial charge is 0.394 e. The van der Waals surface area contributed by atoms with Crippen LogP contribution in [0.1, 0.15) is 39.2 Å². The molecular formula is C24H33N3O4S. The number of amides is 3. The maximum Gasteiger partial charge on any atom is 0.244 e. The topological polar surface area (TPSA) is 98.7 Å². The van der Waals surface area contributed by atoms with Gasteiger partial charge in [-0.25, -0.2) is 0 Å². The van der Waals surface area contributed by atoms with Gasteiger partial charge in [-0.3, -0.25) is 14.4 Å². The number of thioether (sulfide) groups is 1. The van der Waals surface area contributed by atoms with Crippen LogP contribution in [0, 0.1) is 17.8 Å². The molecule has 6 atom stereocenters. The van der Waals surface area contributed by atoms with Gasteiger partial charge in [-0.05, 0) is 31.2 Å². The van der Waals surface area contributed by atoms with E-state index in [-0.39, 0.29) is 35.0 Å². The molecular weight excluding hydrogens is 426 g/mol. The van der Waals surface area contributed by atoms with Crippen molar-refractivity contribution in [3.63, 3.8) is 0 Å². The summed E-state index contributed by atoms with van der Waals surface area (Å²) in [4.78, 5) is 42.1. The third kappa shape index (κ3) is 3.34. The van der Waals surface area contributed by atoms with E-state index in [2.05, 4.69) is 10.6 Å². The zero-order valence-electron chi connectivity index (χ0n) is 19.1. The number of carbonyl (C=O) groups is 3. The van der Waals surface area contributed by atoms with Crippen LogP contribution in [-0.4, -0.2) is 63.0 Å². The Kier molecular flexibility index (Phi) is 6.05. The molecule has 2 unspecified atom stereocenters. The highest BCUT2D eigenvalue weighted by Gasteiger charge is 2.77. The van der Waals surface area contributed by atoms with Crippen LogP contribution in [0.3, 0.4) is 0 Å². The van der Waals surface area contributed by atoms with Crippen LogP contribution < -0.4 is 10.6 Å². The number of aliphatic hydroxyl groups is 1. The van der Waals surface area contributed by atoms with Crippen molar-refractivity contribution in [3.05, 3.63) is 35.9 Å². The molecule has 1 aromatic carbocycles. The summed E-state index contributed by atoms with van der Waals surface area (Å²) in [5, 5.41) is 16.0. The molecule has 3 fully saturated rings. The molecule has 3 saturated heterocycles. The summed E-state index contributed by atoms with van der Waals surface area (Å²) < 4.78 is -1.04. The standard InChI is InChI=1S/C24H33N3O4S/c1-14(2)16(13-28)27-19(21(30)26-12-15-8-6-5-7-9-15)24-11-10-23(3,32-24)17(20(29)25-4)18(24)22(27)31/h5-9,14,16-19,28H,10-13H2,1-4H3,(H,25,29)(H,26,30)/t16-,17+,18-,19?,23-,24?/m0/s1. The number of carbonyl (C=O) groups excluding carboxylic acids is 3. The van der Waals surface area contributed by atoms with E-state index >= 15 is 0 Å². The van der Waals surface area contributed by atoms with Crippen molar-refractivity contribution in [1.29, 1.82) is 0 Å². The fourth-order valence-electron chi connectivity index (χ4n) is 6.08. The first-order valence-electron chi connectivity index (χ1n) is 11.4. The number of hydrogen-bond acceptors (Lipinski definition) is 5. The van der Waals surface area contributed by atoms with Crippen molar-refractivity contribution < 1.29 is 19.5 Å². The molecule has 3 aliphatic rings. The fraction of sp³-hybridized carbons (Fsp3) is 0.625. The van der Waals surface area contributed by atoms with E-state index in [0.29, 0.717) is 13.0 Å². The van der Waals surface area contributed by atoms with Crippen molar-refractivity contribution in [2.24, 2.45) is 17.8 Å². The lowest BCUT2D eigenvalue weighted by molar-refractivity contribution is -0.144. The van der Waals surface area contributed by atoms with E-state index in [1.54, 1.807) is 23.7 Å². The molecule has 3 aliphatic heterocycles. The van der Waals surface area contributed by atoms with Crippen molar-refractivity contribution in [2.75, 3.05) is 13.7 Å². The number of hydrogen-bond donors (Lipinski definition) is 3. The molecule has 0 saturated carbocycles. The Morgan fingerprint density at radius 2 is 1.91 bits per heavy atom. The first kappa shape index (κ1) is 23.1. The predicted octanol–water partition coefficient (Wildman–Crippen LogP) is 1.55. The Labute approximate surface area is 193 Å². The third-order valence-corrected chi connectivity index (χ3v) is 9.60. The minimum absolute atomic E-state index is 0.0279. The summed E-state index contributed by atoms with van der Waals surface area (Å²) in [6.07, 6.45) is 1.48. The zero-order valence-corrected chi connectivity index (χ0v) is 19.9. The first-order valence-corrected chi connectivity index (χ1v) is 12.2. The lowest BCUT2D eigenvalue weighted by atomic mass is 9.66. The molecule has 174 valence electrons. The Morgan fingerprint density at radius 3 is 2.50 bits per heavy atom. The van der Waals surface area contributed by atoms with Gasteiger partial charge in [0.15, 0.2) is 0 Å². The molecule has 0 aromatic heterocycles. The molecule has 1 spiro atoms. The average molecular weight is 460 g/mol. The molecule has 8 heteroatoms. The summed E-state index contributed by atoms with van der Waals surface area (Å²) in [6, 6.07) is 8.47. The number of rotatable bonds is 7. The second kappa shape index (κ2) is 8.37. The van der Waals surface area contributed by atoms with Crippen LogP contribution in [0.4, 0.5) is 0 Å². The number of nitrogens with zero attached hydrogens (tertiary/aromatic N) is 1. The maximum absolute atomic E-state index is 13.9. The van der Waals surface area contributed by atoms with Crippen molar-refractivity contribution >= 4 is 29.5 Å². The van der Waals surface area contributed by atoms with E-state index in [9.17, 15) is 19.5 Å². The van der Waals surface area contributed by atoms with Gasteiger partial charge in [-0.15, -0.1) is 11.8 Å². The summed E-state index contributed by atoms with van der Waals surface area (Å²) in [7, 11) is 1.60. The molecule has 3 N–H and O–H groups in total. The minimum atomic E-state index is -0.718. The summed E-state index contributed by atoms with van der Waals surface area (Å²) in [6.45, 7) is 6.08. The summed E-state index contributed by atoms with van der Waals surface area (Å²) >= 11 is 1.64. The van der Waals surface area contributed by atoms with Crippen LogP contribution in [0.2, 0.25) is 0 Å². The molecule has 32 heavy (non-hydrogen) atoms. The van der Waals surface area contributed by atoms with Crippen LogP contribution in [-0.2, 0) is 20.9 Å². The SMILES string of the molecule is CNC(=O)[C@H]1[C@H]2C(=O)N([C@@H](CO)C(C)C)C(C(=O)NCc3ccccc3)C23CC[C@]1(C)S3. The van der Waals surface area contributed by atoms with Gasteiger partial charge in [0.25, 0.3) is 0 Å². The molecule has 1 aromatic rings. The second-order valence-electron chi connectivity index (χ2n) is 9.78. The molecule has 4 rings (SSSR count). The molecule has 0 aliphatic carbocycles. The second-order valence-corrected chi connectivity index (χ2v) is 11.7. The molecule has 3 amide bonds. The van der Waals surface area contributed by atoms with Gasteiger partial charge in [0.2, 0.25) is 17.7 Å². The zero-order chi connectivity index (χ0) is 23.3. The molecule has 7 nitrogen and oxygen atoms in total. The van der Waals surface area contributed by atoms with Gasteiger partial charge in [-0.1, -0.05) is 44.2 Å². The van der Waals surface area contributed by atoms with Crippen molar-refractivity contribution in [2.45, 2.75) is 61.7 Å². The van der Waals surface area contributed by atoms with Gasteiger partial charge in [0.1, 0.15) is 6.04 Å². The Morgan fingerprint density at radius 1 is 1.22 bits per heavy atom. The van der Waals surface area contributed by atoms with Crippen LogP contribution in [0.25, 0.3) is 0 Å². The number of likely N-dealkylation sites (tertiary alicyclic amines) is 1. The number of aliphatic hydroxyl groups excluding tert-OH is 1. The van der Waals surface area contributed by atoms with E-state index in [1.165, 1.54) is 0 Å². The van der Waals surface area contributed by atoms with E-state index < -0.39 is 28.7 Å². The minimum Gasteiger partial charge on any atom is -0.394 e. The lowest BCUT2D eigenvalue weighted by Crippen LogP contribution is -2.57. The van der Waals surface area contributed by atoms with E-state index in [1.807, 2.05) is 51.1 Å². The molecule has 3 heterocycles. The number of fused-ring (bicyclic) bond motifs is 1. The predicted molar refractivity (Wildman–Crippen MR) is 124 cm³/mol. The van der Waals surface area contributed by atoms with E-state index in [4.69, 9.17) is 0 Å². The number of benzene rings is 1. The smallest absolute Gasteiger partial charge is 0.244 e. The van der Waals surface area contributed by atoms with Crippen molar-refractivity contribution in [1.82, 2.24) is 15.5 Å². The van der Waals surface area contributed by atoms with Gasteiger partial charge in [0.05, 0.1) is 29.2 Å². The third-order valence-electron chi connectivity index (χ3n) is 7.62. The maximum atomic E-state index is 13.9. The van der Waals surface area contributed by atoms with E-state index in [0.717, 1.165) is 12.0 Å². The Hall–Kier alpha value is -2.06.